The van der Waals surface area contributed by atoms with Crippen LogP contribution in [-0.2, 0) is 10.0 Å². The van der Waals surface area contributed by atoms with Gasteiger partial charge in [0.05, 0.1) is 4.90 Å². The molecule has 0 aliphatic heterocycles. The molecule has 2 aromatic rings. The molecule has 0 spiro atoms. The van der Waals surface area contributed by atoms with Crippen LogP contribution in [0, 0.1) is 6.92 Å². The van der Waals surface area contributed by atoms with Crippen LogP contribution in [0.4, 0.5) is 10.3 Å². The number of sulfonamides is 1. The van der Waals surface area contributed by atoms with Gasteiger partial charge in [0.1, 0.15) is 0 Å². The molecule has 0 saturated heterocycles. The highest BCUT2D eigenvalue weighted by atomic mass is 32.2. The predicted molar refractivity (Wildman–Crippen MR) is 71.4 cm³/mol. The van der Waals surface area contributed by atoms with Gasteiger partial charge in [-0.25, -0.2) is 8.42 Å². The minimum absolute atomic E-state index is 0.203. The van der Waals surface area contributed by atoms with Crippen molar-refractivity contribution in [1.29, 1.82) is 0 Å². The van der Waals surface area contributed by atoms with Crippen LogP contribution >= 0.6 is 11.3 Å². The Bertz CT molecular complexity index is 634. The molecule has 1 aromatic carbocycles. The topological polar surface area (TPSA) is 84.0 Å². The van der Waals surface area contributed by atoms with E-state index in [4.69, 9.17) is 0 Å². The first-order valence-electron chi connectivity index (χ1n) is 5.12. The Hall–Kier alpha value is -1.67. The van der Waals surface area contributed by atoms with Crippen molar-refractivity contribution < 1.29 is 8.42 Å². The molecule has 96 valence electrons. The molecule has 0 unspecified atom stereocenters. The maximum absolute atomic E-state index is 12.0. The van der Waals surface area contributed by atoms with Gasteiger partial charge in [0.2, 0.25) is 10.3 Å². The predicted octanol–water partition coefficient (Wildman–Crippen LogP) is 1.69. The van der Waals surface area contributed by atoms with Crippen LogP contribution in [0.2, 0.25) is 0 Å². The van der Waals surface area contributed by atoms with Crippen molar-refractivity contribution in [2.45, 2.75) is 11.8 Å². The number of benzene rings is 1. The zero-order valence-electron chi connectivity index (χ0n) is 9.84. The molecule has 0 aliphatic carbocycles. The van der Waals surface area contributed by atoms with Gasteiger partial charge in [0, 0.05) is 7.05 Å². The Morgan fingerprint density at radius 3 is 2.28 bits per heavy atom. The molecule has 0 radical (unpaired) electrons. The SMILES string of the molecule is CNc1nnc(NS(=O)(=O)c2ccc(C)cc2)s1. The van der Waals surface area contributed by atoms with Crippen molar-refractivity contribution >= 4 is 31.6 Å². The number of hydrogen-bond donors (Lipinski definition) is 2. The van der Waals surface area contributed by atoms with E-state index in [-0.39, 0.29) is 10.0 Å². The van der Waals surface area contributed by atoms with Crippen molar-refractivity contribution in [2.75, 3.05) is 17.1 Å². The summed E-state index contributed by atoms with van der Waals surface area (Å²) in [4.78, 5) is 0.203. The van der Waals surface area contributed by atoms with E-state index >= 15 is 0 Å². The van der Waals surface area contributed by atoms with Crippen molar-refractivity contribution in [3.63, 3.8) is 0 Å². The third-order valence-corrected chi connectivity index (χ3v) is 4.53. The van der Waals surface area contributed by atoms with Crippen molar-refractivity contribution in [2.24, 2.45) is 0 Å². The van der Waals surface area contributed by atoms with Gasteiger partial charge in [-0.1, -0.05) is 29.0 Å². The van der Waals surface area contributed by atoms with Crippen LogP contribution in [0.1, 0.15) is 5.56 Å². The van der Waals surface area contributed by atoms with Gasteiger partial charge in [0.15, 0.2) is 0 Å². The monoisotopic (exact) mass is 284 g/mol. The van der Waals surface area contributed by atoms with E-state index in [9.17, 15) is 8.42 Å². The maximum atomic E-state index is 12.0. The van der Waals surface area contributed by atoms with Crippen molar-refractivity contribution in [1.82, 2.24) is 10.2 Å². The van der Waals surface area contributed by atoms with Gasteiger partial charge in [-0.05, 0) is 19.1 Å². The van der Waals surface area contributed by atoms with Gasteiger partial charge in [-0.3, -0.25) is 4.72 Å². The van der Waals surface area contributed by atoms with Crippen LogP contribution in [0.5, 0.6) is 0 Å². The Morgan fingerprint density at radius 1 is 1.11 bits per heavy atom. The fourth-order valence-electron chi connectivity index (χ4n) is 1.26. The maximum Gasteiger partial charge on any atom is 0.263 e. The van der Waals surface area contributed by atoms with Crippen LogP contribution in [0.3, 0.4) is 0 Å². The molecule has 2 N–H and O–H groups in total. The molecule has 0 bridgehead atoms. The van der Waals surface area contributed by atoms with Gasteiger partial charge in [-0.15, -0.1) is 10.2 Å². The second-order valence-corrected chi connectivity index (χ2v) is 6.24. The highest BCUT2D eigenvalue weighted by Crippen LogP contribution is 2.22. The standard InChI is InChI=1S/C10H12N4O2S2/c1-7-3-5-8(6-4-7)18(15,16)14-10-13-12-9(11-2)17-10/h3-6H,1-2H3,(H,11,12)(H,13,14). The van der Waals surface area contributed by atoms with Crippen LogP contribution in [0.25, 0.3) is 0 Å². The lowest BCUT2D eigenvalue weighted by atomic mass is 10.2. The first-order chi connectivity index (χ1) is 8.51. The molecule has 2 rings (SSSR count). The molecular formula is C10H12N4O2S2. The van der Waals surface area contributed by atoms with Crippen LogP contribution in [0.15, 0.2) is 29.2 Å². The van der Waals surface area contributed by atoms with Crippen LogP contribution in [-0.4, -0.2) is 25.7 Å². The minimum atomic E-state index is -3.59. The summed E-state index contributed by atoms with van der Waals surface area (Å²) in [6.45, 7) is 1.90. The van der Waals surface area contributed by atoms with Gasteiger partial charge in [-0.2, -0.15) is 0 Å². The zero-order valence-corrected chi connectivity index (χ0v) is 11.5. The second kappa shape index (κ2) is 4.91. The Morgan fingerprint density at radius 2 is 1.72 bits per heavy atom. The van der Waals surface area contributed by atoms with Crippen molar-refractivity contribution in [3.8, 4) is 0 Å². The number of aryl methyl sites for hydroxylation is 1. The molecule has 18 heavy (non-hydrogen) atoms. The number of aromatic nitrogens is 2. The molecular weight excluding hydrogens is 272 g/mol. The van der Waals surface area contributed by atoms with Gasteiger partial charge < -0.3 is 5.32 Å². The van der Waals surface area contributed by atoms with Gasteiger partial charge in [0.25, 0.3) is 10.0 Å². The summed E-state index contributed by atoms with van der Waals surface area (Å²) in [5.41, 5.74) is 1.00. The normalized spacial score (nSPS) is 11.2. The molecule has 1 aromatic heterocycles. The van der Waals surface area contributed by atoms with Crippen molar-refractivity contribution in [3.05, 3.63) is 29.8 Å². The fraction of sp³-hybridized carbons (Fsp3) is 0.200. The Kier molecular flexibility index (Phi) is 3.48. The van der Waals surface area contributed by atoms with E-state index in [1.807, 2.05) is 6.92 Å². The van der Waals surface area contributed by atoms with Gasteiger partial charge >= 0.3 is 0 Å². The lowest BCUT2D eigenvalue weighted by Gasteiger charge is -2.04. The lowest BCUT2D eigenvalue weighted by molar-refractivity contribution is 0.601. The molecule has 0 aliphatic rings. The summed E-state index contributed by atoms with van der Waals surface area (Å²) >= 11 is 1.13. The fourth-order valence-corrected chi connectivity index (χ4v) is 3.08. The summed E-state index contributed by atoms with van der Waals surface area (Å²) in [7, 11) is -1.90. The molecule has 0 amide bonds. The van der Waals surface area contributed by atoms with E-state index in [1.54, 1.807) is 31.3 Å². The summed E-state index contributed by atoms with van der Waals surface area (Å²) in [6, 6.07) is 6.59. The third kappa shape index (κ3) is 2.77. The second-order valence-electron chi connectivity index (χ2n) is 3.58. The summed E-state index contributed by atoms with van der Waals surface area (Å²) < 4.78 is 26.4. The van der Waals surface area contributed by atoms with E-state index in [0.717, 1.165) is 16.9 Å². The van der Waals surface area contributed by atoms with E-state index in [0.29, 0.717) is 5.13 Å². The highest BCUT2D eigenvalue weighted by molar-refractivity contribution is 7.93. The molecule has 0 fully saturated rings. The quantitative estimate of drug-likeness (QED) is 0.892. The van der Waals surface area contributed by atoms with E-state index in [2.05, 4.69) is 20.2 Å². The molecule has 0 saturated carbocycles. The average Bonchev–Trinajstić information content (AvgIpc) is 2.76. The average molecular weight is 284 g/mol. The summed E-state index contributed by atoms with van der Waals surface area (Å²) in [5.74, 6) is 0. The number of nitrogens with zero attached hydrogens (tertiary/aromatic N) is 2. The molecule has 1 heterocycles. The number of anilines is 2. The lowest BCUT2D eigenvalue weighted by Crippen LogP contribution is -2.12. The Balaban J connectivity index is 2.24. The third-order valence-electron chi connectivity index (χ3n) is 2.19. The summed E-state index contributed by atoms with van der Waals surface area (Å²) in [5, 5.41) is 11.1. The first-order valence-corrected chi connectivity index (χ1v) is 7.42. The number of hydrogen-bond acceptors (Lipinski definition) is 6. The minimum Gasteiger partial charge on any atom is -0.363 e. The molecule has 0 atom stereocenters. The summed E-state index contributed by atoms with van der Waals surface area (Å²) in [6.07, 6.45) is 0. The molecule has 6 nitrogen and oxygen atoms in total. The number of rotatable bonds is 4. The highest BCUT2D eigenvalue weighted by Gasteiger charge is 2.16. The zero-order chi connectivity index (χ0) is 13.2. The molecule has 8 heteroatoms. The Labute approximate surface area is 109 Å². The first kappa shape index (κ1) is 12.8. The van der Waals surface area contributed by atoms with E-state index < -0.39 is 10.0 Å². The largest absolute Gasteiger partial charge is 0.363 e. The van der Waals surface area contributed by atoms with E-state index in [1.165, 1.54) is 0 Å². The van der Waals surface area contributed by atoms with Crippen LogP contribution < -0.4 is 10.0 Å². The smallest absolute Gasteiger partial charge is 0.263 e. The number of nitrogens with one attached hydrogen (secondary N) is 2.